The Bertz CT molecular complexity index is 431. The van der Waals surface area contributed by atoms with Gasteiger partial charge in [0.15, 0.2) is 0 Å². The van der Waals surface area contributed by atoms with E-state index >= 15 is 0 Å². The number of hydrazine groups is 1. The van der Waals surface area contributed by atoms with E-state index < -0.39 is 0 Å². The lowest BCUT2D eigenvalue weighted by molar-refractivity contribution is -0.0356. The van der Waals surface area contributed by atoms with Gasteiger partial charge in [-0.25, -0.2) is 4.98 Å². The van der Waals surface area contributed by atoms with Gasteiger partial charge in [-0.15, -0.1) is 11.3 Å². The molecule has 1 heterocycles. The zero-order chi connectivity index (χ0) is 16.3. The van der Waals surface area contributed by atoms with E-state index in [1.54, 1.807) is 11.3 Å². The fourth-order valence-corrected chi connectivity index (χ4v) is 3.42. The van der Waals surface area contributed by atoms with Crippen molar-refractivity contribution < 1.29 is 4.74 Å². The quantitative estimate of drug-likeness (QED) is 0.625. The van der Waals surface area contributed by atoms with Crippen LogP contribution in [0.25, 0.3) is 0 Å². The van der Waals surface area contributed by atoms with Crippen LogP contribution < -0.4 is 11.3 Å². The fraction of sp³-hybridized carbons (Fsp3) is 0.812. The number of nitrogens with one attached hydrogen (secondary N) is 1. The molecular weight excluding hydrogens is 282 g/mol. The second kappa shape index (κ2) is 7.18. The van der Waals surface area contributed by atoms with E-state index in [-0.39, 0.29) is 23.0 Å². The van der Waals surface area contributed by atoms with Gasteiger partial charge < -0.3 is 4.74 Å². The molecule has 0 spiro atoms. The summed E-state index contributed by atoms with van der Waals surface area (Å²) in [5.74, 6) is 5.79. The van der Waals surface area contributed by atoms with E-state index in [1.165, 1.54) is 0 Å². The Hall–Kier alpha value is -0.490. The summed E-state index contributed by atoms with van der Waals surface area (Å²) in [6, 6.07) is 0.0592. The summed E-state index contributed by atoms with van der Waals surface area (Å²) in [5.41, 5.74) is 4.18. The Morgan fingerprint density at radius 1 is 1.29 bits per heavy atom. The van der Waals surface area contributed by atoms with Crippen molar-refractivity contribution in [1.82, 2.24) is 10.4 Å². The summed E-state index contributed by atoms with van der Waals surface area (Å²) < 4.78 is 5.94. The normalized spacial score (nSPS) is 16.0. The van der Waals surface area contributed by atoms with Gasteiger partial charge in [0, 0.05) is 23.8 Å². The SMILES string of the molecule is CCOC(C(Cc1nc(C(C)(C)C)cs1)NN)C(C)(C)C. The van der Waals surface area contributed by atoms with E-state index in [1.807, 2.05) is 6.92 Å². The molecule has 1 rings (SSSR count). The lowest BCUT2D eigenvalue weighted by Crippen LogP contribution is -2.52. The molecule has 0 aliphatic carbocycles. The molecular formula is C16H31N3OS. The lowest BCUT2D eigenvalue weighted by Gasteiger charge is -2.36. The summed E-state index contributed by atoms with van der Waals surface area (Å²) in [6.45, 7) is 15.8. The number of hydrogen-bond acceptors (Lipinski definition) is 5. The highest BCUT2D eigenvalue weighted by atomic mass is 32.1. The van der Waals surface area contributed by atoms with Crippen LogP contribution in [-0.4, -0.2) is 23.7 Å². The third-order valence-corrected chi connectivity index (χ3v) is 4.37. The van der Waals surface area contributed by atoms with Gasteiger partial charge in [-0.1, -0.05) is 41.5 Å². The van der Waals surface area contributed by atoms with Crippen molar-refractivity contribution in [1.29, 1.82) is 0 Å². The Kier molecular flexibility index (Phi) is 6.35. The number of thiazole rings is 1. The molecule has 122 valence electrons. The molecule has 2 unspecified atom stereocenters. The molecule has 5 heteroatoms. The van der Waals surface area contributed by atoms with Crippen LogP contribution in [0.15, 0.2) is 5.38 Å². The number of ether oxygens (including phenoxy) is 1. The maximum atomic E-state index is 5.94. The smallest absolute Gasteiger partial charge is 0.0945 e. The zero-order valence-corrected chi connectivity index (χ0v) is 15.3. The predicted molar refractivity (Wildman–Crippen MR) is 90.5 cm³/mol. The van der Waals surface area contributed by atoms with Gasteiger partial charge in [0.05, 0.1) is 22.8 Å². The van der Waals surface area contributed by atoms with Crippen molar-refractivity contribution in [3.63, 3.8) is 0 Å². The number of hydrogen-bond donors (Lipinski definition) is 2. The van der Waals surface area contributed by atoms with Crippen molar-refractivity contribution in [2.45, 2.75) is 72.4 Å². The molecule has 3 N–H and O–H groups in total. The highest BCUT2D eigenvalue weighted by Crippen LogP contribution is 2.29. The van der Waals surface area contributed by atoms with Gasteiger partial charge in [-0.2, -0.15) is 0 Å². The van der Waals surface area contributed by atoms with Crippen LogP contribution in [0.3, 0.4) is 0 Å². The van der Waals surface area contributed by atoms with Gasteiger partial charge in [0.25, 0.3) is 0 Å². The topological polar surface area (TPSA) is 60.2 Å². The molecule has 1 aromatic rings. The molecule has 0 radical (unpaired) electrons. The summed E-state index contributed by atoms with van der Waals surface area (Å²) in [7, 11) is 0. The molecule has 4 nitrogen and oxygen atoms in total. The second-order valence-corrected chi connectivity index (χ2v) is 8.54. The molecule has 0 aromatic carbocycles. The van der Waals surface area contributed by atoms with Gasteiger partial charge in [-0.3, -0.25) is 11.3 Å². The van der Waals surface area contributed by atoms with Crippen molar-refractivity contribution in [2.24, 2.45) is 11.3 Å². The summed E-state index contributed by atoms with van der Waals surface area (Å²) >= 11 is 1.70. The molecule has 0 aliphatic heterocycles. The number of aromatic nitrogens is 1. The minimum absolute atomic E-state index is 0.0250. The number of nitrogens with two attached hydrogens (primary N) is 1. The average Bonchev–Trinajstić information content (AvgIpc) is 2.80. The first-order valence-electron chi connectivity index (χ1n) is 7.62. The largest absolute Gasteiger partial charge is 0.376 e. The summed E-state index contributed by atoms with van der Waals surface area (Å²) in [4.78, 5) is 4.76. The Morgan fingerprint density at radius 3 is 2.29 bits per heavy atom. The van der Waals surface area contributed by atoms with E-state index in [9.17, 15) is 0 Å². The van der Waals surface area contributed by atoms with E-state index in [4.69, 9.17) is 15.6 Å². The number of rotatable bonds is 6. The van der Waals surface area contributed by atoms with Crippen molar-refractivity contribution >= 4 is 11.3 Å². The minimum Gasteiger partial charge on any atom is -0.376 e. The van der Waals surface area contributed by atoms with Gasteiger partial charge in [0.2, 0.25) is 0 Å². The van der Waals surface area contributed by atoms with Crippen LogP contribution >= 0.6 is 11.3 Å². The minimum atomic E-state index is 0.0250. The van der Waals surface area contributed by atoms with Crippen molar-refractivity contribution in [2.75, 3.05) is 6.61 Å². The molecule has 0 fully saturated rings. The molecule has 0 bridgehead atoms. The molecule has 0 saturated carbocycles. The molecule has 1 aromatic heterocycles. The maximum absolute atomic E-state index is 5.94. The highest BCUT2D eigenvalue weighted by molar-refractivity contribution is 7.09. The van der Waals surface area contributed by atoms with Crippen LogP contribution in [0.2, 0.25) is 0 Å². The molecule has 2 atom stereocenters. The first-order chi connectivity index (χ1) is 9.59. The van der Waals surface area contributed by atoms with Crippen LogP contribution in [-0.2, 0) is 16.6 Å². The fourth-order valence-electron chi connectivity index (χ4n) is 2.34. The zero-order valence-electron chi connectivity index (χ0n) is 14.5. The van der Waals surface area contributed by atoms with Crippen LogP contribution in [0.5, 0.6) is 0 Å². The first-order valence-corrected chi connectivity index (χ1v) is 8.50. The van der Waals surface area contributed by atoms with Crippen LogP contribution in [0, 0.1) is 5.41 Å². The van der Waals surface area contributed by atoms with Crippen molar-refractivity contribution in [3.8, 4) is 0 Å². The van der Waals surface area contributed by atoms with Gasteiger partial charge in [-0.05, 0) is 12.3 Å². The standard InChI is InChI=1S/C16H31N3OS/c1-8-20-14(16(5,6)7)11(19-17)9-13-18-12(10-21-13)15(2,3)4/h10-11,14,19H,8-9,17H2,1-7H3. The summed E-state index contributed by atoms with van der Waals surface area (Å²) in [5, 5.41) is 3.26. The molecule has 21 heavy (non-hydrogen) atoms. The average molecular weight is 314 g/mol. The Labute approximate surface area is 133 Å². The number of nitrogens with zero attached hydrogens (tertiary/aromatic N) is 1. The lowest BCUT2D eigenvalue weighted by atomic mass is 9.83. The van der Waals surface area contributed by atoms with Crippen LogP contribution in [0.4, 0.5) is 0 Å². The second-order valence-electron chi connectivity index (χ2n) is 7.60. The first kappa shape index (κ1) is 18.6. The van der Waals surface area contributed by atoms with E-state index in [2.05, 4.69) is 52.3 Å². The third kappa shape index (κ3) is 5.33. The van der Waals surface area contributed by atoms with E-state index in [0.717, 1.165) is 17.1 Å². The van der Waals surface area contributed by atoms with Gasteiger partial charge >= 0.3 is 0 Å². The maximum Gasteiger partial charge on any atom is 0.0945 e. The summed E-state index contributed by atoms with van der Waals surface area (Å²) in [6.07, 6.45) is 0.841. The van der Waals surface area contributed by atoms with Crippen LogP contribution in [0.1, 0.15) is 59.2 Å². The predicted octanol–water partition coefficient (Wildman–Crippen LogP) is 3.27. The monoisotopic (exact) mass is 313 g/mol. The van der Waals surface area contributed by atoms with E-state index in [0.29, 0.717) is 6.61 Å². The highest BCUT2D eigenvalue weighted by Gasteiger charge is 2.33. The molecule has 0 aliphatic rings. The van der Waals surface area contributed by atoms with Crippen molar-refractivity contribution in [3.05, 3.63) is 16.1 Å². The Balaban J connectivity index is 2.88. The Morgan fingerprint density at radius 2 is 1.90 bits per heavy atom. The molecule has 0 amide bonds. The van der Waals surface area contributed by atoms with Gasteiger partial charge in [0.1, 0.15) is 0 Å². The third-order valence-electron chi connectivity index (χ3n) is 3.49. The molecule has 0 saturated heterocycles.